The van der Waals surface area contributed by atoms with Crippen molar-refractivity contribution in [2.75, 3.05) is 0 Å². The third kappa shape index (κ3) is 1.53. The van der Waals surface area contributed by atoms with E-state index in [0.717, 1.165) is 12.0 Å². The Morgan fingerprint density at radius 2 is 2.33 bits per heavy atom. The van der Waals surface area contributed by atoms with Gasteiger partial charge in [-0.3, -0.25) is 4.98 Å². The maximum absolute atomic E-state index is 4.02. The Balaban J connectivity index is 2.94. The van der Waals surface area contributed by atoms with Crippen molar-refractivity contribution in [1.29, 1.82) is 0 Å². The van der Waals surface area contributed by atoms with Gasteiger partial charge in [0.2, 0.25) is 0 Å². The van der Waals surface area contributed by atoms with Crippen molar-refractivity contribution in [2.45, 2.75) is 20.3 Å². The van der Waals surface area contributed by atoms with Gasteiger partial charge in [0.25, 0.3) is 0 Å². The third-order valence-corrected chi connectivity index (χ3v) is 1.24. The van der Waals surface area contributed by atoms with Crippen LogP contribution in [-0.4, -0.2) is 4.98 Å². The van der Waals surface area contributed by atoms with Crippen LogP contribution in [0.3, 0.4) is 0 Å². The van der Waals surface area contributed by atoms with Crippen molar-refractivity contribution in [2.24, 2.45) is 0 Å². The number of hydrogen-bond acceptors (Lipinski definition) is 1. The molecule has 0 saturated heterocycles. The number of nitrogens with zero attached hydrogens (tertiary/aromatic N) is 1. The van der Waals surface area contributed by atoms with Crippen molar-refractivity contribution < 1.29 is 0 Å². The van der Waals surface area contributed by atoms with Crippen molar-refractivity contribution in [1.82, 2.24) is 4.98 Å². The average Bonchev–Trinajstić information content (AvgIpc) is 1.88. The Kier molecular flexibility index (Phi) is 1.83. The summed E-state index contributed by atoms with van der Waals surface area (Å²) in [7, 11) is 0. The molecular weight excluding hydrogens is 110 g/mol. The minimum atomic E-state index is 1.02. The molecule has 0 aliphatic heterocycles. The van der Waals surface area contributed by atoms with Gasteiger partial charge < -0.3 is 0 Å². The first-order chi connectivity index (χ1) is 4.33. The number of aromatic nitrogens is 1. The van der Waals surface area contributed by atoms with E-state index < -0.39 is 0 Å². The first-order valence-electron chi connectivity index (χ1n) is 3.15. The lowest BCUT2D eigenvalue weighted by Crippen LogP contribution is -1.83. The smallest absolute Gasteiger partial charge is 0.0306 e. The molecule has 1 rings (SSSR count). The van der Waals surface area contributed by atoms with Crippen LogP contribution >= 0.6 is 0 Å². The molecule has 1 heteroatoms. The molecule has 9 heavy (non-hydrogen) atoms. The summed E-state index contributed by atoms with van der Waals surface area (Å²) >= 11 is 0. The second kappa shape index (κ2) is 2.62. The van der Waals surface area contributed by atoms with Crippen LogP contribution in [-0.2, 0) is 6.42 Å². The normalized spacial score (nSPS) is 9.56. The highest BCUT2D eigenvalue weighted by Gasteiger charge is 1.88. The number of hydrogen-bond donors (Lipinski definition) is 0. The zero-order valence-electron chi connectivity index (χ0n) is 5.81. The first-order valence-corrected chi connectivity index (χ1v) is 3.15. The maximum atomic E-state index is 4.02. The lowest BCUT2D eigenvalue weighted by Gasteiger charge is -1.93. The molecule has 0 spiro atoms. The van der Waals surface area contributed by atoms with Crippen LogP contribution < -0.4 is 0 Å². The SMILES string of the molecule is CCc1[c]c(C)cnc1. The van der Waals surface area contributed by atoms with E-state index in [2.05, 4.69) is 18.0 Å². The molecule has 0 aliphatic carbocycles. The predicted octanol–water partition coefficient (Wildman–Crippen LogP) is 1.75. The van der Waals surface area contributed by atoms with E-state index in [9.17, 15) is 0 Å². The lowest BCUT2D eigenvalue weighted by molar-refractivity contribution is 1.08. The van der Waals surface area contributed by atoms with E-state index in [4.69, 9.17) is 0 Å². The number of pyridine rings is 1. The fourth-order valence-corrected chi connectivity index (χ4v) is 0.737. The van der Waals surface area contributed by atoms with Crippen LogP contribution in [0, 0.1) is 13.0 Å². The molecule has 0 amide bonds. The van der Waals surface area contributed by atoms with Gasteiger partial charge in [-0.15, -0.1) is 0 Å². The molecule has 1 heterocycles. The van der Waals surface area contributed by atoms with Gasteiger partial charge in [0.1, 0.15) is 0 Å². The van der Waals surface area contributed by atoms with Gasteiger partial charge in [-0.25, -0.2) is 0 Å². The van der Waals surface area contributed by atoms with Crippen molar-refractivity contribution >= 4 is 0 Å². The topological polar surface area (TPSA) is 12.9 Å². The van der Waals surface area contributed by atoms with E-state index >= 15 is 0 Å². The Morgan fingerprint density at radius 1 is 1.56 bits per heavy atom. The lowest BCUT2D eigenvalue weighted by atomic mass is 10.2. The number of rotatable bonds is 1. The summed E-state index contributed by atoms with van der Waals surface area (Å²) in [5.41, 5.74) is 2.31. The predicted molar refractivity (Wildman–Crippen MR) is 37.2 cm³/mol. The molecule has 47 valence electrons. The van der Waals surface area contributed by atoms with Gasteiger partial charge in [-0.05, 0) is 30.5 Å². The summed E-state index contributed by atoms with van der Waals surface area (Å²) in [6, 6.07) is 3.19. The van der Waals surface area contributed by atoms with E-state index in [0.29, 0.717) is 0 Å². The van der Waals surface area contributed by atoms with Crippen molar-refractivity contribution in [3.63, 3.8) is 0 Å². The molecule has 0 unspecified atom stereocenters. The van der Waals surface area contributed by atoms with Crippen molar-refractivity contribution in [3.8, 4) is 0 Å². The van der Waals surface area contributed by atoms with Crippen LogP contribution in [0.15, 0.2) is 12.4 Å². The summed E-state index contributed by atoms with van der Waals surface area (Å²) in [5, 5.41) is 0. The molecule has 0 N–H and O–H groups in total. The van der Waals surface area contributed by atoms with E-state index in [1.807, 2.05) is 19.3 Å². The molecule has 1 nitrogen and oxygen atoms in total. The summed E-state index contributed by atoms with van der Waals surface area (Å²) in [4.78, 5) is 4.02. The van der Waals surface area contributed by atoms with E-state index in [1.54, 1.807) is 0 Å². The van der Waals surface area contributed by atoms with Gasteiger partial charge in [-0.2, -0.15) is 0 Å². The highest BCUT2D eigenvalue weighted by molar-refractivity contribution is 5.13. The van der Waals surface area contributed by atoms with Crippen LogP contribution in [0.25, 0.3) is 0 Å². The Hall–Kier alpha value is -0.850. The zero-order chi connectivity index (χ0) is 6.69. The molecule has 0 aliphatic rings. The Morgan fingerprint density at radius 3 is 2.78 bits per heavy atom. The average molecular weight is 120 g/mol. The first kappa shape index (κ1) is 6.27. The van der Waals surface area contributed by atoms with Crippen LogP contribution in [0.1, 0.15) is 18.1 Å². The summed E-state index contributed by atoms with van der Waals surface area (Å²) in [6.45, 7) is 4.11. The summed E-state index contributed by atoms with van der Waals surface area (Å²) in [6.07, 6.45) is 4.70. The highest BCUT2D eigenvalue weighted by atomic mass is 14.6. The van der Waals surface area contributed by atoms with Crippen LogP contribution in [0.2, 0.25) is 0 Å². The standard InChI is InChI=1S/C8H10N/c1-3-8-4-7(2)5-9-6-8/h5-6H,3H2,1-2H3. The fourth-order valence-electron chi connectivity index (χ4n) is 0.737. The molecule has 1 aromatic heterocycles. The molecule has 0 fully saturated rings. The van der Waals surface area contributed by atoms with E-state index in [-0.39, 0.29) is 0 Å². The second-order valence-electron chi connectivity index (χ2n) is 2.09. The highest BCUT2D eigenvalue weighted by Crippen LogP contribution is 1.99. The minimum Gasteiger partial charge on any atom is -0.264 e. The van der Waals surface area contributed by atoms with Crippen LogP contribution in [0.4, 0.5) is 0 Å². The van der Waals surface area contributed by atoms with E-state index in [1.165, 1.54) is 5.56 Å². The largest absolute Gasteiger partial charge is 0.264 e. The Labute approximate surface area is 55.7 Å². The van der Waals surface area contributed by atoms with Gasteiger partial charge in [0, 0.05) is 12.4 Å². The molecule has 1 radical (unpaired) electrons. The number of aryl methyl sites for hydroxylation is 2. The summed E-state index contributed by atoms with van der Waals surface area (Å²) in [5.74, 6) is 0. The second-order valence-corrected chi connectivity index (χ2v) is 2.09. The molecule has 1 aromatic rings. The van der Waals surface area contributed by atoms with Gasteiger partial charge in [0.15, 0.2) is 0 Å². The van der Waals surface area contributed by atoms with Crippen molar-refractivity contribution in [3.05, 3.63) is 29.6 Å². The van der Waals surface area contributed by atoms with Gasteiger partial charge in [0.05, 0.1) is 0 Å². The quantitative estimate of drug-likeness (QED) is 0.550. The molecule has 0 aromatic carbocycles. The maximum Gasteiger partial charge on any atom is 0.0306 e. The summed E-state index contributed by atoms with van der Waals surface area (Å²) < 4.78 is 0. The minimum absolute atomic E-state index is 1.02. The fraction of sp³-hybridized carbons (Fsp3) is 0.375. The van der Waals surface area contributed by atoms with Gasteiger partial charge in [-0.1, -0.05) is 6.92 Å². The van der Waals surface area contributed by atoms with Crippen LogP contribution in [0.5, 0.6) is 0 Å². The molecule has 0 atom stereocenters. The molecule has 0 bridgehead atoms. The monoisotopic (exact) mass is 120 g/mol. The Bertz CT molecular complexity index is 194. The van der Waals surface area contributed by atoms with Gasteiger partial charge >= 0.3 is 0 Å². The molecule has 0 saturated carbocycles. The zero-order valence-corrected chi connectivity index (χ0v) is 5.81. The third-order valence-electron chi connectivity index (χ3n) is 1.24. The molecular formula is C8H10N.